The molecule has 0 bridgehead atoms. The van der Waals surface area contributed by atoms with Crippen LogP contribution in [0.1, 0.15) is 380 Å². The fraction of sp³-hybridized carbons (Fsp3) is 0.984. The number of hydrogen-bond acceptors (Lipinski definition) is 3. The number of hydrogen-bond donors (Lipinski definition) is 3. The average molecular weight is 947 g/mol. The predicted octanol–water partition coefficient (Wildman–Crippen LogP) is 21.1. The molecule has 0 spiro atoms. The molecule has 0 radical (unpaired) electrons. The van der Waals surface area contributed by atoms with Crippen molar-refractivity contribution in [1.82, 2.24) is 5.32 Å². The largest absolute Gasteiger partial charge is 0.394 e. The van der Waals surface area contributed by atoms with Crippen molar-refractivity contribution in [2.75, 3.05) is 6.61 Å². The molecular formula is C63H127NO3. The molecule has 3 N–H and O–H groups in total. The molecule has 0 saturated carbocycles. The van der Waals surface area contributed by atoms with Gasteiger partial charge in [-0.1, -0.05) is 361 Å². The average Bonchev–Trinajstić information content (AvgIpc) is 3.33. The zero-order chi connectivity index (χ0) is 48.5. The molecule has 0 aliphatic rings. The summed E-state index contributed by atoms with van der Waals surface area (Å²) >= 11 is 0. The van der Waals surface area contributed by atoms with Gasteiger partial charge in [-0.15, -0.1) is 0 Å². The highest BCUT2D eigenvalue weighted by Crippen LogP contribution is 2.19. The van der Waals surface area contributed by atoms with Crippen LogP contribution < -0.4 is 5.32 Å². The lowest BCUT2D eigenvalue weighted by Crippen LogP contribution is -2.45. The fourth-order valence-corrected chi connectivity index (χ4v) is 10.5. The van der Waals surface area contributed by atoms with Crippen LogP contribution in [0.2, 0.25) is 0 Å². The van der Waals surface area contributed by atoms with Crippen LogP contribution in [0.15, 0.2) is 0 Å². The van der Waals surface area contributed by atoms with Crippen LogP contribution in [0, 0.1) is 0 Å². The number of carbonyl (C=O) groups is 1. The number of aliphatic hydroxyl groups is 2. The van der Waals surface area contributed by atoms with Crippen molar-refractivity contribution >= 4 is 5.91 Å². The lowest BCUT2D eigenvalue weighted by Gasteiger charge is -2.22. The molecule has 1 amide bonds. The van der Waals surface area contributed by atoms with E-state index < -0.39 is 12.1 Å². The first kappa shape index (κ1) is 66.4. The number of aliphatic hydroxyl groups excluding tert-OH is 2. The maximum atomic E-state index is 12.5. The van der Waals surface area contributed by atoms with Crippen LogP contribution in [-0.4, -0.2) is 34.9 Å². The van der Waals surface area contributed by atoms with Gasteiger partial charge in [0, 0.05) is 6.42 Å². The highest BCUT2D eigenvalue weighted by Gasteiger charge is 2.20. The summed E-state index contributed by atoms with van der Waals surface area (Å²) < 4.78 is 0. The highest BCUT2D eigenvalue weighted by atomic mass is 16.3. The Balaban J connectivity index is 3.33. The minimum absolute atomic E-state index is 0.0211. The third-order valence-electron chi connectivity index (χ3n) is 15.4. The van der Waals surface area contributed by atoms with Gasteiger partial charge in [0.1, 0.15) is 0 Å². The Morgan fingerprint density at radius 3 is 0.672 bits per heavy atom. The molecule has 0 fully saturated rings. The first-order valence-electron chi connectivity index (χ1n) is 31.7. The molecule has 0 aromatic rings. The van der Waals surface area contributed by atoms with Crippen molar-refractivity contribution in [2.24, 2.45) is 0 Å². The monoisotopic (exact) mass is 946 g/mol. The molecular weight excluding hydrogens is 819 g/mol. The van der Waals surface area contributed by atoms with Gasteiger partial charge in [-0.25, -0.2) is 0 Å². The number of carbonyl (C=O) groups excluding carboxylic acids is 1. The summed E-state index contributed by atoms with van der Waals surface area (Å²) in [6.45, 7) is 4.41. The van der Waals surface area contributed by atoms with Crippen LogP contribution in [0.25, 0.3) is 0 Å². The summed E-state index contributed by atoms with van der Waals surface area (Å²) in [5.74, 6) is -0.0211. The number of rotatable bonds is 60. The van der Waals surface area contributed by atoms with Crippen molar-refractivity contribution in [3.05, 3.63) is 0 Å². The van der Waals surface area contributed by atoms with E-state index in [4.69, 9.17) is 0 Å². The summed E-state index contributed by atoms with van der Waals surface area (Å²) in [6.07, 6.45) is 77.1. The predicted molar refractivity (Wildman–Crippen MR) is 300 cm³/mol. The Morgan fingerprint density at radius 1 is 0.299 bits per heavy atom. The molecule has 4 nitrogen and oxygen atoms in total. The first-order valence-corrected chi connectivity index (χ1v) is 31.7. The second-order valence-electron chi connectivity index (χ2n) is 22.2. The van der Waals surface area contributed by atoms with E-state index >= 15 is 0 Å². The number of unbranched alkanes of at least 4 members (excludes halogenated alkanes) is 53. The second kappa shape index (κ2) is 59.7. The Morgan fingerprint density at radius 2 is 0.478 bits per heavy atom. The fourth-order valence-electron chi connectivity index (χ4n) is 10.5. The maximum Gasteiger partial charge on any atom is 0.220 e. The van der Waals surface area contributed by atoms with E-state index in [2.05, 4.69) is 19.2 Å². The van der Waals surface area contributed by atoms with Gasteiger partial charge in [0.05, 0.1) is 18.8 Å². The van der Waals surface area contributed by atoms with Gasteiger partial charge in [-0.3, -0.25) is 4.79 Å². The molecule has 0 aromatic carbocycles. The molecule has 0 heterocycles. The molecule has 2 atom stereocenters. The topological polar surface area (TPSA) is 69.6 Å². The third kappa shape index (κ3) is 56.2. The van der Waals surface area contributed by atoms with Crippen molar-refractivity contribution < 1.29 is 15.0 Å². The lowest BCUT2D eigenvalue weighted by molar-refractivity contribution is -0.123. The zero-order valence-electron chi connectivity index (χ0n) is 46.5. The SMILES string of the molecule is CCCCCCCCCCCCCCCCCCCCCCCCCCCCCCCCCCCCCCCC(=O)NC(CO)C(O)CCCCCCCCCCCCCCCCCCCC. The van der Waals surface area contributed by atoms with Crippen molar-refractivity contribution in [3.63, 3.8) is 0 Å². The molecule has 0 rings (SSSR count). The van der Waals surface area contributed by atoms with Gasteiger partial charge < -0.3 is 15.5 Å². The van der Waals surface area contributed by atoms with Crippen LogP contribution in [-0.2, 0) is 4.79 Å². The summed E-state index contributed by atoms with van der Waals surface area (Å²) in [7, 11) is 0. The number of amides is 1. The minimum atomic E-state index is -0.655. The molecule has 2 unspecified atom stereocenters. The smallest absolute Gasteiger partial charge is 0.220 e. The van der Waals surface area contributed by atoms with Crippen LogP contribution in [0.5, 0.6) is 0 Å². The highest BCUT2D eigenvalue weighted by molar-refractivity contribution is 5.76. The van der Waals surface area contributed by atoms with Crippen molar-refractivity contribution in [1.29, 1.82) is 0 Å². The van der Waals surface area contributed by atoms with Gasteiger partial charge in [0.2, 0.25) is 5.91 Å². The number of nitrogens with one attached hydrogen (secondary N) is 1. The van der Waals surface area contributed by atoms with Gasteiger partial charge in [-0.2, -0.15) is 0 Å². The van der Waals surface area contributed by atoms with E-state index in [-0.39, 0.29) is 12.5 Å². The minimum Gasteiger partial charge on any atom is -0.394 e. The molecule has 402 valence electrons. The van der Waals surface area contributed by atoms with E-state index in [1.165, 1.54) is 327 Å². The van der Waals surface area contributed by atoms with Crippen LogP contribution in [0.3, 0.4) is 0 Å². The van der Waals surface area contributed by atoms with E-state index in [1.807, 2.05) is 0 Å². The zero-order valence-corrected chi connectivity index (χ0v) is 46.5. The van der Waals surface area contributed by atoms with Crippen molar-refractivity contribution in [3.8, 4) is 0 Å². The summed E-state index contributed by atoms with van der Waals surface area (Å²) in [4.78, 5) is 12.5. The van der Waals surface area contributed by atoms with Crippen molar-refractivity contribution in [2.45, 2.75) is 392 Å². The van der Waals surface area contributed by atoms with Gasteiger partial charge in [0.25, 0.3) is 0 Å². The van der Waals surface area contributed by atoms with E-state index in [1.54, 1.807) is 0 Å². The summed E-state index contributed by atoms with van der Waals surface area (Å²) in [6, 6.07) is -0.531. The first-order chi connectivity index (χ1) is 33.2. The Labute approximate surface area is 423 Å². The Kier molecular flexibility index (Phi) is 59.2. The maximum absolute atomic E-state index is 12.5. The standard InChI is InChI=1S/C63H127NO3/c1-3-5-7-9-11-13-15-17-19-21-23-24-25-26-27-28-29-30-31-32-33-34-35-36-37-38-39-40-41-43-45-47-49-51-53-55-57-59-63(67)64-61(60-65)62(66)58-56-54-52-50-48-46-44-42-22-20-18-16-14-12-10-8-6-4-2/h61-62,65-66H,3-60H2,1-2H3,(H,64,67). The second-order valence-corrected chi connectivity index (χ2v) is 22.2. The lowest BCUT2D eigenvalue weighted by atomic mass is 10.0. The Hall–Kier alpha value is -0.610. The van der Waals surface area contributed by atoms with Crippen LogP contribution in [0.4, 0.5) is 0 Å². The molecule has 4 heteroatoms. The van der Waals surface area contributed by atoms with Crippen LogP contribution >= 0.6 is 0 Å². The van der Waals surface area contributed by atoms with Gasteiger partial charge >= 0.3 is 0 Å². The summed E-state index contributed by atoms with van der Waals surface area (Å²) in [5.41, 5.74) is 0. The molecule has 0 aromatic heterocycles. The quantitative estimate of drug-likeness (QED) is 0.0532. The molecule has 0 aliphatic carbocycles. The van der Waals surface area contributed by atoms with Gasteiger partial charge in [-0.05, 0) is 12.8 Å². The van der Waals surface area contributed by atoms with E-state index in [0.717, 1.165) is 25.7 Å². The van der Waals surface area contributed by atoms with Gasteiger partial charge in [0.15, 0.2) is 0 Å². The van der Waals surface area contributed by atoms with E-state index in [9.17, 15) is 15.0 Å². The van der Waals surface area contributed by atoms with E-state index in [0.29, 0.717) is 12.8 Å². The third-order valence-corrected chi connectivity index (χ3v) is 15.4. The molecule has 67 heavy (non-hydrogen) atoms. The normalized spacial score (nSPS) is 12.6. The molecule has 0 saturated heterocycles. The molecule has 0 aliphatic heterocycles. The Bertz CT molecular complexity index is 894. The summed E-state index contributed by atoms with van der Waals surface area (Å²) in [5, 5.41) is 23.4.